The van der Waals surface area contributed by atoms with Gasteiger partial charge in [-0.15, -0.1) is 0 Å². The summed E-state index contributed by atoms with van der Waals surface area (Å²) in [7, 11) is 1.91. The number of aromatic hydroxyl groups is 1. The van der Waals surface area contributed by atoms with Gasteiger partial charge in [0.2, 0.25) is 0 Å². The Morgan fingerprint density at radius 3 is 2.43 bits per heavy atom. The molecule has 0 aliphatic rings. The number of hydrogen-bond donors (Lipinski definition) is 2. The number of nitrogens with zero attached hydrogens (tertiary/aromatic N) is 1. The number of nitrogens with two attached hydrogens (primary N) is 1. The normalized spacial score (nSPS) is 13.6. The minimum absolute atomic E-state index is 0.0761. The number of rotatable bonds is 9. The summed E-state index contributed by atoms with van der Waals surface area (Å²) in [6.45, 7) is 7.46. The van der Waals surface area contributed by atoms with E-state index in [4.69, 9.17) is 5.73 Å². The van der Waals surface area contributed by atoms with Crippen molar-refractivity contribution in [3.8, 4) is 11.5 Å². The molecular weight excluding hydrogens is 362 g/mol. The van der Waals surface area contributed by atoms with Crippen LogP contribution >= 0.6 is 0 Å². The van der Waals surface area contributed by atoms with Gasteiger partial charge in [0.25, 0.3) is 0 Å². The number of hydrogen-bond acceptors (Lipinski definition) is 4. The van der Waals surface area contributed by atoms with Crippen LogP contribution in [0.3, 0.4) is 0 Å². The maximum atomic E-state index is 12.4. The monoisotopic (exact) mass is 396 g/mol. The lowest BCUT2D eigenvalue weighted by Gasteiger charge is -2.29. The summed E-state index contributed by atoms with van der Waals surface area (Å²) in [5.74, 6) is -0.173. The van der Waals surface area contributed by atoms with E-state index in [9.17, 15) is 13.9 Å². The van der Waals surface area contributed by atoms with Crippen LogP contribution in [0.5, 0.6) is 11.5 Å². The molecule has 1 aromatic rings. The van der Waals surface area contributed by atoms with Gasteiger partial charge in [-0.3, -0.25) is 4.90 Å². The predicted octanol–water partition coefficient (Wildman–Crippen LogP) is 5.77. The van der Waals surface area contributed by atoms with E-state index in [2.05, 4.69) is 4.74 Å². The van der Waals surface area contributed by atoms with Crippen LogP contribution in [0.4, 0.5) is 8.78 Å². The maximum Gasteiger partial charge on any atom is 0.387 e. The molecule has 28 heavy (non-hydrogen) atoms. The van der Waals surface area contributed by atoms with Gasteiger partial charge in [-0.05, 0) is 39.4 Å². The van der Waals surface area contributed by atoms with Gasteiger partial charge in [-0.2, -0.15) is 8.78 Å². The quantitative estimate of drug-likeness (QED) is 0.521. The second-order valence-electron chi connectivity index (χ2n) is 6.14. The van der Waals surface area contributed by atoms with E-state index in [-0.39, 0.29) is 17.5 Å². The molecule has 3 N–H and O–H groups in total. The average molecular weight is 397 g/mol. The molecule has 6 heteroatoms. The zero-order chi connectivity index (χ0) is 21.7. The fraction of sp³-hybridized carbons (Fsp3) is 0.455. The summed E-state index contributed by atoms with van der Waals surface area (Å²) in [5.41, 5.74) is 8.03. The molecule has 0 heterocycles. The lowest BCUT2D eigenvalue weighted by atomic mass is 9.96. The summed E-state index contributed by atoms with van der Waals surface area (Å²) in [6.07, 6.45) is 8.78. The minimum Gasteiger partial charge on any atom is -0.507 e. The Labute approximate surface area is 168 Å². The lowest BCUT2D eigenvalue weighted by Crippen LogP contribution is -2.26. The zero-order valence-electron chi connectivity index (χ0n) is 17.7. The standard InChI is InChI=1S/C20H28F2N2O2.C2H6/c1-5-6-7-8-14(2)19(24(4)12-11-15(3)23)17-10-9-16(13-18(17)25)26-20(21)22;1-2/h6-11,13,19-20,25H,5,12,23H2,1-4H3;1-2H3/b7-6-,14-8+,15-11+;. The summed E-state index contributed by atoms with van der Waals surface area (Å²) in [4.78, 5) is 2.02. The average Bonchev–Trinajstić information content (AvgIpc) is 2.63. The molecule has 0 amide bonds. The highest BCUT2D eigenvalue weighted by molar-refractivity contribution is 5.44. The van der Waals surface area contributed by atoms with Gasteiger partial charge in [0.05, 0.1) is 6.04 Å². The highest BCUT2D eigenvalue weighted by atomic mass is 19.3. The van der Waals surface area contributed by atoms with Crippen molar-refractivity contribution in [2.24, 2.45) is 5.73 Å². The predicted molar refractivity (Wildman–Crippen MR) is 113 cm³/mol. The molecule has 1 aromatic carbocycles. The molecule has 0 saturated heterocycles. The minimum atomic E-state index is -2.93. The molecule has 158 valence electrons. The van der Waals surface area contributed by atoms with Gasteiger partial charge in [0.15, 0.2) is 0 Å². The second-order valence-corrected chi connectivity index (χ2v) is 6.14. The molecule has 1 unspecified atom stereocenters. The first-order chi connectivity index (χ1) is 13.3. The molecule has 1 rings (SSSR count). The topological polar surface area (TPSA) is 58.7 Å². The SMILES string of the molecule is CC.CC/C=C\C=C(/C)C(c1ccc(OC(F)F)cc1O)N(C)C/C=C(\C)N. The van der Waals surface area contributed by atoms with Crippen LogP contribution < -0.4 is 10.5 Å². The van der Waals surface area contributed by atoms with Crippen molar-refractivity contribution in [3.63, 3.8) is 0 Å². The van der Waals surface area contributed by atoms with E-state index >= 15 is 0 Å². The first kappa shape index (κ1) is 25.7. The van der Waals surface area contributed by atoms with Gasteiger partial charge in [-0.1, -0.05) is 50.6 Å². The highest BCUT2D eigenvalue weighted by Crippen LogP contribution is 2.36. The van der Waals surface area contributed by atoms with Crippen LogP contribution in [0, 0.1) is 0 Å². The Bertz CT molecular complexity index is 667. The van der Waals surface area contributed by atoms with Gasteiger partial charge in [0, 0.05) is 23.9 Å². The number of allylic oxidation sites excluding steroid dienone is 4. The Morgan fingerprint density at radius 2 is 1.93 bits per heavy atom. The van der Waals surface area contributed by atoms with Gasteiger partial charge in [0.1, 0.15) is 11.5 Å². The first-order valence-electron chi connectivity index (χ1n) is 9.49. The lowest BCUT2D eigenvalue weighted by molar-refractivity contribution is -0.0499. The third kappa shape index (κ3) is 9.04. The third-order valence-corrected chi connectivity index (χ3v) is 3.83. The molecule has 4 nitrogen and oxygen atoms in total. The van der Waals surface area contributed by atoms with Crippen LogP contribution in [0.2, 0.25) is 0 Å². The van der Waals surface area contributed by atoms with E-state index < -0.39 is 6.61 Å². The third-order valence-electron chi connectivity index (χ3n) is 3.83. The van der Waals surface area contributed by atoms with E-state index in [0.29, 0.717) is 17.8 Å². The van der Waals surface area contributed by atoms with Crippen molar-refractivity contribution in [1.82, 2.24) is 4.90 Å². The van der Waals surface area contributed by atoms with Crippen LogP contribution in [0.1, 0.15) is 52.6 Å². The van der Waals surface area contributed by atoms with Crippen molar-refractivity contribution in [1.29, 1.82) is 0 Å². The Balaban J connectivity index is 0.00000352. The van der Waals surface area contributed by atoms with Gasteiger partial charge < -0.3 is 15.6 Å². The molecule has 0 saturated carbocycles. The number of alkyl halides is 2. The summed E-state index contributed by atoms with van der Waals surface area (Å²) < 4.78 is 29.1. The smallest absolute Gasteiger partial charge is 0.387 e. The fourth-order valence-corrected chi connectivity index (χ4v) is 2.60. The van der Waals surface area contributed by atoms with Crippen molar-refractivity contribution in [2.45, 2.75) is 53.7 Å². The van der Waals surface area contributed by atoms with Gasteiger partial charge in [-0.25, -0.2) is 0 Å². The van der Waals surface area contributed by atoms with Crippen molar-refractivity contribution < 1.29 is 18.6 Å². The number of likely N-dealkylation sites (N-methyl/N-ethyl adjacent to an activating group) is 1. The Kier molecular flexibility index (Phi) is 12.6. The van der Waals surface area contributed by atoms with Crippen molar-refractivity contribution in [2.75, 3.05) is 13.6 Å². The van der Waals surface area contributed by atoms with Gasteiger partial charge >= 0.3 is 6.61 Å². The first-order valence-corrected chi connectivity index (χ1v) is 9.49. The summed E-state index contributed by atoms with van der Waals surface area (Å²) in [6, 6.07) is 4.00. The second kappa shape index (κ2) is 13.8. The molecule has 0 fully saturated rings. The summed E-state index contributed by atoms with van der Waals surface area (Å²) in [5, 5.41) is 10.4. The van der Waals surface area contributed by atoms with Crippen LogP contribution in [0.15, 0.2) is 53.8 Å². The maximum absolute atomic E-state index is 12.4. The van der Waals surface area contributed by atoms with E-state index in [1.165, 1.54) is 12.1 Å². The van der Waals surface area contributed by atoms with E-state index in [1.807, 2.05) is 70.9 Å². The molecule has 1 atom stereocenters. The number of ether oxygens (including phenoxy) is 1. The largest absolute Gasteiger partial charge is 0.507 e. The van der Waals surface area contributed by atoms with E-state index in [0.717, 1.165) is 12.0 Å². The molecule has 0 spiro atoms. The van der Waals surface area contributed by atoms with Crippen molar-refractivity contribution in [3.05, 3.63) is 59.3 Å². The molecule has 0 bridgehead atoms. The number of benzene rings is 1. The number of phenols is 1. The van der Waals surface area contributed by atoms with Crippen LogP contribution in [0.25, 0.3) is 0 Å². The number of phenolic OH excluding ortho intramolecular Hbond substituents is 1. The molecule has 0 aliphatic heterocycles. The van der Waals surface area contributed by atoms with Crippen LogP contribution in [-0.2, 0) is 0 Å². The molecular formula is C22H34F2N2O2. The van der Waals surface area contributed by atoms with Crippen molar-refractivity contribution >= 4 is 0 Å². The van der Waals surface area contributed by atoms with Crippen LogP contribution in [-0.4, -0.2) is 30.2 Å². The zero-order valence-corrected chi connectivity index (χ0v) is 17.7. The van der Waals surface area contributed by atoms with E-state index in [1.54, 1.807) is 6.07 Å². The Hall–Kier alpha value is -2.34. The molecule has 0 radical (unpaired) electrons. The Morgan fingerprint density at radius 1 is 1.29 bits per heavy atom. The highest BCUT2D eigenvalue weighted by Gasteiger charge is 2.22. The number of halogens is 2. The molecule has 0 aromatic heterocycles. The fourth-order valence-electron chi connectivity index (χ4n) is 2.60. The summed E-state index contributed by atoms with van der Waals surface area (Å²) >= 11 is 0. The molecule has 0 aliphatic carbocycles.